The molecule has 2 atom stereocenters. The first kappa shape index (κ1) is 14.7. The number of hydrogen-bond acceptors (Lipinski definition) is 3. The van der Waals surface area contributed by atoms with Crippen molar-refractivity contribution in [3.8, 4) is 0 Å². The molecule has 0 aliphatic rings. The Morgan fingerprint density at radius 3 is 2.88 bits per heavy atom. The first-order valence-electron chi connectivity index (χ1n) is 6.58. The number of ether oxygens (including phenoxy) is 1. The van der Waals surface area contributed by atoms with E-state index in [2.05, 4.69) is 43.6 Å². The smallest absolute Gasteiger partial charge is 0.0591 e. The summed E-state index contributed by atoms with van der Waals surface area (Å²) in [4.78, 5) is 1.39. The van der Waals surface area contributed by atoms with E-state index in [0.29, 0.717) is 12.0 Å². The molecule has 0 amide bonds. The molecule has 0 saturated carbocycles. The predicted octanol–water partition coefficient (Wildman–Crippen LogP) is 3.85. The monoisotopic (exact) mass is 255 g/mol. The van der Waals surface area contributed by atoms with E-state index >= 15 is 0 Å². The topological polar surface area (TPSA) is 21.3 Å². The number of rotatable bonds is 9. The molecule has 2 unspecified atom stereocenters. The SMILES string of the molecule is CCCC(C)COCCNC(C)c1cccs1. The Balaban J connectivity index is 2.01. The van der Waals surface area contributed by atoms with E-state index in [1.807, 2.05) is 0 Å². The van der Waals surface area contributed by atoms with E-state index in [1.54, 1.807) is 11.3 Å². The third kappa shape index (κ3) is 6.20. The van der Waals surface area contributed by atoms with Crippen molar-refractivity contribution in [2.45, 2.75) is 39.7 Å². The lowest BCUT2D eigenvalue weighted by Gasteiger charge is -2.14. The highest BCUT2D eigenvalue weighted by molar-refractivity contribution is 7.10. The molecular formula is C14H25NOS. The van der Waals surface area contributed by atoms with Crippen molar-refractivity contribution in [2.75, 3.05) is 19.8 Å². The summed E-state index contributed by atoms with van der Waals surface area (Å²) in [6, 6.07) is 4.71. The molecule has 3 heteroatoms. The molecule has 1 rings (SSSR count). The Morgan fingerprint density at radius 2 is 2.24 bits per heavy atom. The van der Waals surface area contributed by atoms with Gasteiger partial charge in [0.25, 0.3) is 0 Å². The van der Waals surface area contributed by atoms with Gasteiger partial charge >= 0.3 is 0 Å². The molecule has 0 spiro atoms. The van der Waals surface area contributed by atoms with Crippen LogP contribution in [0.2, 0.25) is 0 Å². The summed E-state index contributed by atoms with van der Waals surface area (Å²) in [5.41, 5.74) is 0. The molecule has 1 N–H and O–H groups in total. The van der Waals surface area contributed by atoms with E-state index < -0.39 is 0 Å². The molecule has 0 aliphatic carbocycles. The fourth-order valence-electron chi connectivity index (χ4n) is 1.85. The average molecular weight is 255 g/mol. The summed E-state index contributed by atoms with van der Waals surface area (Å²) in [7, 11) is 0. The Hall–Kier alpha value is -0.380. The molecule has 0 radical (unpaired) electrons. The number of nitrogens with one attached hydrogen (secondary N) is 1. The summed E-state index contributed by atoms with van der Waals surface area (Å²) >= 11 is 1.80. The van der Waals surface area contributed by atoms with Crippen molar-refractivity contribution in [1.29, 1.82) is 0 Å². The van der Waals surface area contributed by atoms with Crippen molar-refractivity contribution < 1.29 is 4.74 Å². The van der Waals surface area contributed by atoms with Crippen LogP contribution in [0.4, 0.5) is 0 Å². The van der Waals surface area contributed by atoms with Crippen molar-refractivity contribution in [3.05, 3.63) is 22.4 Å². The Morgan fingerprint density at radius 1 is 1.41 bits per heavy atom. The van der Waals surface area contributed by atoms with E-state index in [9.17, 15) is 0 Å². The Labute approximate surface area is 109 Å². The second-order valence-electron chi connectivity index (χ2n) is 4.66. The van der Waals surface area contributed by atoms with Gasteiger partial charge in [-0.1, -0.05) is 26.3 Å². The molecule has 0 aromatic carbocycles. The maximum atomic E-state index is 5.66. The number of hydrogen-bond donors (Lipinski definition) is 1. The second kappa shape index (κ2) is 8.67. The third-order valence-corrected chi connectivity index (χ3v) is 3.91. The Bertz CT molecular complexity index is 274. The van der Waals surface area contributed by atoms with Crippen LogP contribution in [0.3, 0.4) is 0 Å². The lowest BCUT2D eigenvalue weighted by molar-refractivity contribution is 0.102. The molecule has 0 aliphatic heterocycles. The van der Waals surface area contributed by atoms with Crippen LogP contribution < -0.4 is 5.32 Å². The summed E-state index contributed by atoms with van der Waals surface area (Å²) in [5, 5.41) is 5.60. The summed E-state index contributed by atoms with van der Waals surface area (Å²) < 4.78 is 5.66. The van der Waals surface area contributed by atoms with Gasteiger partial charge in [-0.3, -0.25) is 0 Å². The third-order valence-electron chi connectivity index (χ3n) is 2.85. The fraction of sp³-hybridized carbons (Fsp3) is 0.714. The molecule has 1 aromatic heterocycles. The van der Waals surface area contributed by atoms with Crippen molar-refractivity contribution in [1.82, 2.24) is 5.32 Å². The van der Waals surface area contributed by atoms with Gasteiger partial charge in [0.15, 0.2) is 0 Å². The molecule has 2 nitrogen and oxygen atoms in total. The van der Waals surface area contributed by atoms with E-state index in [4.69, 9.17) is 4.74 Å². The van der Waals surface area contributed by atoms with Gasteiger partial charge in [-0.05, 0) is 30.7 Å². The first-order chi connectivity index (χ1) is 8.24. The molecule has 0 saturated heterocycles. The maximum absolute atomic E-state index is 5.66. The average Bonchev–Trinajstić information content (AvgIpc) is 2.82. The zero-order valence-electron chi connectivity index (χ0n) is 11.2. The van der Waals surface area contributed by atoms with Crippen LogP contribution >= 0.6 is 11.3 Å². The molecule has 1 heterocycles. The standard InChI is InChI=1S/C14H25NOS/c1-4-6-12(2)11-16-9-8-15-13(3)14-7-5-10-17-14/h5,7,10,12-13,15H,4,6,8-9,11H2,1-3H3. The van der Waals surface area contributed by atoms with Gasteiger partial charge in [-0.25, -0.2) is 0 Å². The van der Waals surface area contributed by atoms with Crippen LogP contribution in [0.15, 0.2) is 17.5 Å². The van der Waals surface area contributed by atoms with Crippen LogP contribution in [-0.4, -0.2) is 19.8 Å². The second-order valence-corrected chi connectivity index (χ2v) is 5.64. The largest absolute Gasteiger partial charge is 0.380 e. The summed E-state index contributed by atoms with van der Waals surface area (Å²) in [5.74, 6) is 0.690. The number of thiophene rings is 1. The quantitative estimate of drug-likeness (QED) is 0.677. The van der Waals surface area contributed by atoms with Crippen LogP contribution in [0.25, 0.3) is 0 Å². The van der Waals surface area contributed by atoms with E-state index in [-0.39, 0.29) is 0 Å². The van der Waals surface area contributed by atoms with E-state index in [1.165, 1.54) is 17.7 Å². The van der Waals surface area contributed by atoms with Gasteiger partial charge in [0.2, 0.25) is 0 Å². The van der Waals surface area contributed by atoms with Gasteiger partial charge in [0.1, 0.15) is 0 Å². The molecule has 0 fully saturated rings. The summed E-state index contributed by atoms with van der Waals surface area (Å²) in [6.45, 7) is 9.31. The van der Waals surface area contributed by atoms with Crippen molar-refractivity contribution in [3.63, 3.8) is 0 Å². The van der Waals surface area contributed by atoms with E-state index in [0.717, 1.165) is 19.8 Å². The minimum Gasteiger partial charge on any atom is -0.380 e. The minimum atomic E-state index is 0.437. The lowest BCUT2D eigenvalue weighted by Crippen LogP contribution is -2.23. The van der Waals surface area contributed by atoms with Gasteiger partial charge in [0.05, 0.1) is 6.61 Å². The predicted molar refractivity (Wildman–Crippen MR) is 75.6 cm³/mol. The van der Waals surface area contributed by atoms with Gasteiger partial charge in [-0.2, -0.15) is 0 Å². The molecule has 17 heavy (non-hydrogen) atoms. The van der Waals surface area contributed by atoms with Crippen molar-refractivity contribution >= 4 is 11.3 Å². The van der Waals surface area contributed by atoms with Gasteiger partial charge in [0, 0.05) is 24.1 Å². The highest BCUT2D eigenvalue weighted by Gasteiger charge is 2.05. The molecule has 1 aromatic rings. The minimum absolute atomic E-state index is 0.437. The molecular weight excluding hydrogens is 230 g/mol. The summed E-state index contributed by atoms with van der Waals surface area (Å²) in [6.07, 6.45) is 2.51. The van der Waals surface area contributed by atoms with Gasteiger partial charge in [-0.15, -0.1) is 11.3 Å². The highest BCUT2D eigenvalue weighted by Crippen LogP contribution is 2.17. The molecule has 98 valence electrons. The van der Waals surface area contributed by atoms with Crippen LogP contribution in [-0.2, 0) is 4.74 Å². The lowest BCUT2D eigenvalue weighted by atomic mass is 10.1. The maximum Gasteiger partial charge on any atom is 0.0591 e. The Kier molecular flexibility index (Phi) is 7.49. The fourth-order valence-corrected chi connectivity index (χ4v) is 2.61. The zero-order valence-corrected chi connectivity index (χ0v) is 12.1. The first-order valence-corrected chi connectivity index (χ1v) is 7.46. The normalized spacial score (nSPS) is 14.8. The van der Waals surface area contributed by atoms with Crippen LogP contribution in [0.5, 0.6) is 0 Å². The van der Waals surface area contributed by atoms with Crippen LogP contribution in [0, 0.1) is 5.92 Å². The zero-order chi connectivity index (χ0) is 12.5. The van der Waals surface area contributed by atoms with Gasteiger partial charge < -0.3 is 10.1 Å². The molecule has 0 bridgehead atoms. The highest BCUT2D eigenvalue weighted by atomic mass is 32.1. The van der Waals surface area contributed by atoms with Crippen LogP contribution in [0.1, 0.15) is 44.5 Å². The van der Waals surface area contributed by atoms with Crippen molar-refractivity contribution in [2.24, 2.45) is 5.92 Å².